The summed E-state index contributed by atoms with van der Waals surface area (Å²) in [6.45, 7) is 1.91. The summed E-state index contributed by atoms with van der Waals surface area (Å²) in [6.07, 6.45) is 0. The molecule has 0 amide bonds. The summed E-state index contributed by atoms with van der Waals surface area (Å²) in [4.78, 5) is 13.7. The van der Waals surface area contributed by atoms with Gasteiger partial charge >= 0.3 is 0 Å². The minimum atomic E-state index is -0.0533. The Bertz CT molecular complexity index is 285. The van der Waals surface area contributed by atoms with Gasteiger partial charge in [-0.2, -0.15) is 0 Å². The van der Waals surface area contributed by atoms with Gasteiger partial charge in [-0.1, -0.05) is 30.3 Å². The number of benzene rings is 1. The molecule has 1 aromatic rings. The van der Waals surface area contributed by atoms with Crippen LogP contribution < -0.4 is 0 Å². The number of halogens is 1. The quantitative estimate of drug-likeness (QED) is 0.718. The van der Waals surface area contributed by atoms with Crippen molar-refractivity contribution in [3.63, 3.8) is 0 Å². The first-order chi connectivity index (χ1) is 6.13. The first kappa shape index (κ1) is 13.1. The van der Waals surface area contributed by atoms with Gasteiger partial charge in [-0.05, 0) is 21.0 Å². The maximum Gasteiger partial charge on any atom is 0.179 e. The van der Waals surface area contributed by atoms with E-state index in [1.54, 1.807) is 0 Å². The number of carbonyl (C=O) groups is 1. The summed E-state index contributed by atoms with van der Waals surface area (Å²) in [5.41, 5.74) is 0.781. The van der Waals surface area contributed by atoms with Gasteiger partial charge in [0.2, 0.25) is 0 Å². The van der Waals surface area contributed by atoms with Gasteiger partial charge in [0.25, 0.3) is 0 Å². The van der Waals surface area contributed by atoms with Crippen LogP contribution in [0, 0.1) is 0 Å². The molecule has 0 radical (unpaired) electrons. The Morgan fingerprint density at radius 1 is 1.21 bits per heavy atom. The molecule has 3 heteroatoms. The number of Topliss-reactive ketones (excluding diaryl/α,β-unsaturated/α-hetero) is 1. The number of nitrogens with zero attached hydrogens (tertiary/aromatic N) is 1. The van der Waals surface area contributed by atoms with Crippen molar-refractivity contribution in [1.82, 2.24) is 4.90 Å². The molecule has 0 aliphatic heterocycles. The molecule has 14 heavy (non-hydrogen) atoms. The summed E-state index contributed by atoms with van der Waals surface area (Å²) < 4.78 is 0. The lowest BCUT2D eigenvalue weighted by Crippen LogP contribution is -2.32. The highest BCUT2D eigenvalue weighted by atomic mass is 35.5. The largest absolute Gasteiger partial charge is 0.300 e. The standard InChI is InChI=1S/C11H15NO.ClH/c1-9(12(2)3)11(13)10-7-5-4-6-8-10;/h4-9H,1-3H3;1H/t9-;/m0./s1. The minimum absolute atomic E-state index is 0. The molecule has 0 aliphatic rings. The van der Waals surface area contributed by atoms with Crippen LogP contribution in [-0.2, 0) is 0 Å². The van der Waals surface area contributed by atoms with E-state index in [4.69, 9.17) is 0 Å². The average Bonchev–Trinajstić information content (AvgIpc) is 2.17. The number of hydrogen-bond acceptors (Lipinski definition) is 2. The van der Waals surface area contributed by atoms with Crippen LogP contribution >= 0.6 is 12.4 Å². The first-order valence-corrected chi connectivity index (χ1v) is 4.38. The molecule has 2 nitrogen and oxygen atoms in total. The molecule has 1 aromatic carbocycles. The van der Waals surface area contributed by atoms with Crippen molar-refractivity contribution in [2.24, 2.45) is 0 Å². The third-order valence-corrected chi connectivity index (χ3v) is 2.21. The van der Waals surface area contributed by atoms with E-state index in [0.29, 0.717) is 0 Å². The molecule has 1 atom stereocenters. The van der Waals surface area contributed by atoms with Crippen molar-refractivity contribution in [3.05, 3.63) is 35.9 Å². The maximum absolute atomic E-state index is 11.7. The molecule has 78 valence electrons. The summed E-state index contributed by atoms with van der Waals surface area (Å²) >= 11 is 0. The van der Waals surface area contributed by atoms with Crippen LogP contribution in [0.4, 0.5) is 0 Å². The predicted molar refractivity (Wildman–Crippen MR) is 61.2 cm³/mol. The van der Waals surface area contributed by atoms with Gasteiger partial charge < -0.3 is 0 Å². The van der Waals surface area contributed by atoms with Gasteiger partial charge in [0.05, 0.1) is 6.04 Å². The molecule has 0 saturated carbocycles. The lowest BCUT2D eigenvalue weighted by Gasteiger charge is -2.17. The number of carbonyl (C=O) groups excluding carboxylic acids is 1. The summed E-state index contributed by atoms with van der Waals surface area (Å²) in [7, 11) is 3.82. The molecule has 0 bridgehead atoms. The van der Waals surface area contributed by atoms with E-state index in [1.165, 1.54) is 0 Å². The van der Waals surface area contributed by atoms with Crippen LogP contribution in [0.2, 0.25) is 0 Å². The fourth-order valence-electron chi connectivity index (χ4n) is 1.08. The van der Waals surface area contributed by atoms with Crippen LogP contribution in [-0.4, -0.2) is 30.8 Å². The molecule has 0 spiro atoms. The zero-order chi connectivity index (χ0) is 9.84. The second kappa shape index (κ2) is 5.78. The van der Waals surface area contributed by atoms with E-state index in [0.717, 1.165) is 5.56 Å². The molecule has 0 aromatic heterocycles. The van der Waals surface area contributed by atoms with E-state index >= 15 is 0 Å². The maximum atomic E-state index is 11.7. The smallest absolute Gasteiger partial charge is 0.179 e. The number of ketones is 1. The summed E-state index contributed by atoms with van der Waals surface area (Å²) in [6, 6.07) is 9.33. The van der Waals surface area contributed by atoms with E-state index in [-0.39, 0.29) is 24.2 Å². The Hall–Kier alpha value is -0.860. The Morgan fingerprint density at radius 2 is 1.71 bits per heavy atom. The second-order valence-corrected chi connectivity index (χ2v) is 3.37. The number of hydrogen-bond donors (Lipinski definition) is 0. The Balaban J connectivity index is 0.00000169. The molecule has 0 heterocycles. The van der Waals surface area contributed by atoms with Gasteiger partial charge in [0.1, 0.15) is 0 Å². The van der Waals surface area contributed by atoms with Crippen LogP contribution in [0.25, 0.3) is 0 Å². The summed E-state index contributed by atoms with van der Waals surface area (Å²) in [5.74, 6) is 0.172. The van der Waals surface area contributed by atoms with Crippen LogP contribution in [0.15, 0.2) is 30.3 Å². The van der Waals surface area contributed by atoms with E-state index < -0.39 is 0 Å². The zero-order valence-corrected chi connectivity index (χ0v) is 9.54. The minimum Gasteiger partial charge on any atom is -0.300 e. The zero-order valence-electron chi connectivity index (χ0n) is 8.73. The predicted octanol–water partition coefficient (Wildman–Crippen LogP) is 2.24. The Labute approximate surface area is 91.3 Å². The van der Waals surface area contributed by atoms with E-state index in [1.807, 2.05) is 56.3 Å². The van der Waals surface area contributed by atoms with E-state index in [9.17, 15) is 4.79 Å². The highest BCUT2D eigenvalue weighted by Crippen LogP contribution is 2.05. The normalized spacial score (nSPS) is 12.0. The fraction of sp³-hybridized carbons (Fsp3) is 0.364. The van der Waals surface area contributed by atoms with Gasteiger partial charge in [0.15, 0.2) is 5.78 Å². The molecule has 0 fully saturated rings. The topological polar surface area (TPSA) is 20.3 Å². The molecule has 0 N–H and O–H groups in total. The fourth-order valence-corrected chi connectivity index (χ4v) is 1.08. The van der Waals surface area contributed by atoms with Crippen molar-refractivity contribution < 1.29 is 4.79 Å². The second-order valence-electron chi connectivity index (χ2n) is 3.37. The molecule has 0 unspecified atom stereocenters. The lowest BCUT2D eigenvalue weighted by molar-refractivity contribution is 0.0890. The van der Waals surface area contributed by atoms with Crippen molar-refractivity contribution in [1.29, 1.82) is 0 Å². The first-order valence-electron chi connectivity index (χ1n) is 4.38. The Morgan fingerprint density at radius 3 is 2.14 bits per heavy atom. The molecular formula is C11H16ClNO. The monoisotopic (exact) mass is 213 g/mol. The highest BCUT2D eigenvalue weighted by molar-refractivity contribution is 5.99. The van der Waals surface area contributed by atoms with Crippen molar-refractivity contribution in [2.45, 2.75) is 13.0 Å². The van der Waals surface area contributed by atoms with Gasteiger partial charge in [0, 0.05) is 5.56 Å². The third kappa shape index (κ3) is 3.13. The van der Waals surface area contributed by atoms with Crippen LogP contribution in [0.5, 0.6) is 0 Å². The van der Waals surface area contributed by atoms with Crippen molar-refractivity contribution in [2.75, 3.05) is 14.1 Å². The van der Waals surface area contributed by atoms with Crippen LogP contribution in [0.3, 0.4) is 0 Å². The molecule has 0 aliphatic carbocycles. The van der Waals surface area contributed by atoms with Crippen molar-refractivity contribution in [3.8, 4) is 0 Å². The van der Waals surface area contributed by atoms with Gasteiger partial charge in [-0.3, -0.25) is 9.69 Å². The SMILES string of the molecule is C[C@@H](C(=O)c1ccccc1)N(C)C.Cl. The molecular weight excluding hydrogens is 198 g/mol. The average molecular weight is 214 g/mol. The third-order valence-electron chi connectivity index (χ3n) is 2.21. The Kier molecular flexibility index (Phi) is 5.43. The van der Waals surface area contributed by atoms with Crippen LogP contribution in [0.1, 0.15) is 17.3 Å². The van der Waals surface area contributed by atoms with E-state index in [2.05, 4.69) is 0 Å². The number of rotatable bonds is 3. The highest BCUT2D eigenvalue weighted by Gasteiger charge is 2.15. The molecule has 0 saturated heterocycles. The number of likely N-dealkylation sites (N-methyl/N-ethyl adjacent to an activating group) is 1. The van der Waals surface area contributed by atoms with Crippen molar-refractivity contribution >= 4 is 18.2 Å². The molecule has 1 rings (SSSR count). The lowest BCUT2D eigenvalue weighted by atomic mass is 10.1. The summed E-state index contributed by atoms with van der Waals surface area (Å²) in [5, 5.41) is 0. The van der Waals surface area contributed by atoms with Gasteiger partial charge in [-0.25, -0.2) is 0 Å². The van der Waals surface area contributed by atoms with Gasteiger partial charge in [-0.15, -0.1) is 12.4 Å².